The molecule has 1 aliphatic rings. The van der Waals surface area contributed by atoms with Gasteiger partial charge in [0.15, 0.2) is 0 Å². The number of anilines is 1. The van der Waals surface area contributed by atoms with Crippen LogP contribution in [-0.4, -0.2) is 18.4 Å². The number of amides is 2. The number of hydrogen-bond donors (Lipinski definition) is 2. The lowest BCUT2D eigenvalue weighted by atomic mass is 9.98. The summed E-state index contributed by atoms with van der Waals surface area (Å²) >= 11 is 0. The van der Waals surface area contributed by atoms with Gasteiger partial charge in [-0.3, -0.25) is 9.59 Å². The minimum atomic E-state index is -4.52. The maximum Gasteiger partial charge on any atom is 0.418 e. The van der Waals surface area contributed by atoms with Crippen LogP contribution >= 0.6 is 0 Å². The molecule has 1 unspecified atom stereocenters. The Morgan fingerprint density at radius 1 is 1.30 bits per heavy atom. The predicted molar refractivity (Wildman–Crippen MR) is 65.8 cm³/mol. The molecule has 7 heteroatoms. The molecule has 1 aromatic rings. The average Bonchev–Trinajstić information content (AvgIpc) is 2.38. The van der Waals surface area contributed by atoms with Crippen molar-refractivity contribution in [2.24, 2.45) is 5.92 Å². The molecule has 1 atom stereocenters. The first kappa shape index (κ1) is 14.4. The summed E-state index contributed by atoms with van der Waals surface area (Å²) in [7, 11) is 0. The highest BCUT2D eigenvalue weighted by Crippen LogP contribution is 2.34. The molecule has 2 amide bonds. The average molecular weight is 286 g/mol. The van der Waals surface area contributed by atoms with Crippen molar-refractivity contribution < 1.29 is 22.8 Å². The quantitative estimate of drug-likeness (QED) is 0.875. The fraction of sp³-hybridized carbons (Fsp3) is 0.385. The molecule has 1 heterocycles. The minimum Gasteiger partial charge on any atom is -0.355 e. The van der Waals surface area contributed by atoms with Crippen molar-refractivity contribution in [3.05, 3.63) is 29.8 Å². The summed E-state index contributed by atoms with van der Waals surface area (Å²) < 4.78 is 38.4. The van der Waals surface area contributed by atoms with E-state index in [1.807, 2.05) is 0 Å². The number of piperidine rings is 1. The van der Waals surface area contributed by atoms with Crippen molar-refractivity contribution in [3.63, 3.8) is 0 Å². The van der Waals surface area contributed by atoms with Gasteiger partial charge in [-0.05, 0) is 18.6 Å². The van der Waals surface area contributed by atoms with Crippen LogP contribution in [0, 0.1) is 5.92 Å². The molecule has 108 valence electrons. The second-order valence-corrected chi connectivity index (χ2v) is 4.57. The van der Waals surface area contributed by atoms with Gasteiger partial charge in [0.05, 0.1) is 17.2 Å². The molecular weight excluding hydrogens is 273 g/mol. The van der Waals surface area contributed by atoms with Gasteiger partial charge in [-0.15, -0.1) is 0 Å². The molecule has 0 spiro atoms. The van der Waals surface area contributed by atoms with E-state index < -0.39 is 23.6 Å². The fourth-order valence-electron chi connectivity index (χ4n) is 2.03. The highest BCUT2D eigenvalue weighted by atomic mass is 19.4. The molecule has 1 fully saturated rings. The van der Waals surface area contributed by atoms with Crippen LogP contribution in [0.3, 0.4) is 0 Å². The standard InChI is InChI=1S/C13H13F3N2O2/c14-13(15,16)9-3-1-2-4-10(9)18-12(20)8-5-6-11(19)17-7-8/h1-4,8H,5-7H2,(H,17,19)(H,18,20). The smallest absolute Gasteiger partial charge is 0.355 e. The number of alkyl halides is 3. The monoisotopic (exact) mass is 286 g/mol. The third kappa shape index (κ3) is 3.28. The Bertz CT molecular complexity index is 519. The third-order valence-electron chi connectivity index (χ3n) is 3.13. The van der Waals surface area contributed by atoms with Crippen LogP contribution in [0.25, 0.3) is 0 Å². The van der Waals surface area contributed by atoms with Crippen LogP contribution in [0.15, 0.2) is 24.3 Å². The highest BCUT2D eigenvalue weighted by molar-refractivity contribution is 5.94. The first-order valence-corrected chi connectivity index (χ1v) is 6.11. The van der Waals surface area contributed by atoms with Crippen molar-refractivity contribution in [1.82, 2.24) is 5.32 Å². The summed E-state index contributed by atoms with van der Waals surface area (Å²) in [6.45, 7) is 0.152. The van der Waals surface area contributed by atoms with Crippen molar-refractivity contribution in [2.45, 2.75) is 19.0 Å². The Kier molecular flexibility index (Phi) is 3.96. The SMILES string of the molecule is O=C1CCC(C(=O)Nc2ccccc2C(F)(F)F)CN1. The van der Waals surface area contributed by atoms with Gasteiger partial charge in [0.2, 0.25) is 11.8 Å². The van der Waals surface area contributed by atoms with Crippen LogP contribution in [-0.2, 0) is 15.8 Å². The van der Waals surface area contributed by atoms with E-state index in [0.29, 0.717) is 6.42 Å². The van der Waals surface area contributed by atoms with Gasteiger partial charge >= 0.3 is 6.18 Å². The zero-order valence-corrected chi connectivity index (χ0v) is 10.5. The van der Waals surface area contributed by atoms with Crippen molar-refractivity contribution >= 4 is 17.5 Å². The van der Waals surface area contributed by atoms with Gasteiger partial charge < -0.3 is 10.6 Å². The van der Waals surface area contributed by atoms with Crippen LogP contribution in [0.5, 0.6) is 0 Å². The van der Waals surface area contributed by atoms with Gasteiger partial charge in [0.1, 0.15) is 0 Å². The third-order valence-corrected chi connectivity index (χ3v) is 3.13. The van der Waals surface area contributed by atoms with Crippen LogP contribution in [0.1, 0.15) is 18.4 Å². The van der Waals surface area contributed by atoms with Crippen LogP contribution < -0.4 is 10.6 Å². The molecule has 0 aromatic heterocycles. The normalized spacial score (nSPS) is 19.4. The fourth-order valence-corrected chi connectivity index (χ4v) is 2.03. The summed E-state index contributed by atoms with van der Waals surface area (Å²) in [5.41, 5.74) is -1.14. The second-order valence-electron chi connectivity index (χ2n) is 4.57. The van der Waals surface area contributed by atoms with E-state index >= 15 is 0 Å². The minimum absolute atomic E-state index is 0.148. The lowest BCUT2D eigenvalue weighted by molar-refractivity contribution is -0.137. The molecule has 2 rings (SSSR count). The number of hydrogen-bond acceptors (Lipinski definition) is 2. The van der Waals surface area contributed by atoms with Crippen molar-refractivity contribution in [2.75, 3.05) is 11.9 Å². The number of halogens is 3. The Balaban J connectivity index is 2.10. The Labute approximate surface area is 113 Å². The largest absolute Gasteiger partial charge is 0.418 e. The van der Waals surface area contributed by atoms with E-state index in [1.54, 1.807) is 0 Å². The first-order chi connectivity index (χ1) is 9.38. The highest BCUT2D eigenvalue weighted by Gasteiger charge is 2.34. The molecule has 2 N–H and O–H groups in total. The maximum atomic E-state index is 12.8. The van der Waals surface area contributed by atoms with Gasteiger partial charge in [-0.25, -0.2) is 0 Å². The zero-order chi connectivity index (χ0) is 14.8. The first-order valence-electron chi connectivity index (χ1n) is 6.11. The molecule has 1 aliphatic heterocycles. The molecule has 1 saturated heterocycles. The Morgan fingerprint density at radius 2 is 2.00 bits per heavy atom. The molecule has 0 aliphatic carbocycles. The van der Waals surface area contributed by atoms with E-state index in [0.717, 1.165) is 6.07 Å². The number of para-hydroxylation sites is 1. The number of nitrogens with one attached hydrogen (secondary N) is 2. The summed E-state index contributed by atoms with van der Waals surface area (Å²) in [6.07, 6.45) is -3.98. The second kappa shape index (κ2) is 5.52. The van der Waals surface area contributed by atoms with Gasteiger partial charge in [0.25, 0.3) is 0 Å². The molecular formula is C13H13F3N2O2. The maximum absolute atomic E-state index is 12.8. The predicted octanol–water partition coefficient (Wildman–Crippen LogP) is 2.17. The molecule has 4 nitrogen and oxygen atoms in total. The topological polar surface area (TPSA) is 58.2 Å². The summed E-state index contributed by atoms with van der Waals surface area (Å²) in [4.78, 5) is 22.9. The molecule has 0 radical (unpaired) electrons. The number of benzene rings is 1. The molecule has 20 heavy (non-hydrogen) atoms. The van der Waals surface area contributed by atoms with E-state index in [2.05, 4.69) is 10.6 Å². The molecule has 0 saturated carbocycles. The Hall–Kier alpha value is -2.05. The summed E-state index contributed by atoms with van der Waals surface area (Å²) in [5, 5.41) is 4.81. The number of rotatable bonds is 2. The van der Waals surface area contributed by atoms with Crippen molar-refractivity contribution in [3.8, 4) is 0 Å². The summed E-state index contributed by atoms with van der Waals surface area (Å²) in [5.74, 6) is -1.17. The van der Waals surface area contributed by atoms with E-state index in [1.165, 1.54) is 18.2 Å². The van der Waals surface area contributed by atoms with Gasteiger partial charge in [0, 0.05) is 13.0 Å². The van der Waals surface area contributed by atoms with Gasteiger partial charge in [-0.1, -0.05) is 12.1 Å². The summed E-state index contributed by atoms with van der Waals surface area (Å²) in [6, 6.07) is 4.81. The molecule has 0 bridgehead atoms. The van der Waals surface area contributed by atoms with Crippen molar-refractivity contribution in [1.29, 1.82) is 0 Å². The van der Waals surface area contributed by atoms with Crippen LogP contribution in [0.2, 0.25) is 0 Å². The zero-order valence-electron chi connectivity index (χ0n) is 10.5. The van der Waals surface area contributed by atoms with E-state index in [4.69, 9.17) is 0 Å². The lowest BCUT2D eigenvalue weighted by Crippen LogP contribution is -2.40. The Morgan fingerprint density at radius 3 is 2.60 bits per heavy atom. The van der Waals surface area contributed by atoms with E-state index in [-0.39, 0.29) is 24.6 Å². The van der Waals surface area contributed by atoms with Gasteiger partial charge in [-0.2, -0.15) is 13.2 Å². The van der Waals surface area contributed by atoms with E-state index in [9.17, 15) is 22.8 Å². The lowest BCUT2D eigenvalue weighted by Gasteiger charge is -2.22. The number of carbonyl (C=O) groups excluding carboxylic acids is 2. The molecule has 1 aromatic carbocycles. The number of carbonyl (C=O) groups is 2. The van der Waals surface area contributed by atoms with Crippen LogP contribution in [0.4, 0.5) is 18.9 Å².